The van der Waals surface area contributed by atoms with Gasteiger partial charge >= 0.3 is 0 Å². The molecule has 0 radical (unpaired) electrons. The van der Waals surface area contributed by atoms with E-state index >= 15 is 0 Å². The SMILES string of the molecule is COc1ccc(CN(CCC(=O)N2CCCC2C)C2CC2)cc1. The van der Waals surface area contributed by atoms with Crippen molar-refractivity contribution in [2.45, 2.75) is 57.7 Å². The normalized spacial score (nSPS) is 21.0. The third kappa shape index (κ3) is 4.25. The molecular formula is C19H28N2O2. The minimum atomic E-state index is 0.329. The highest BCUT2D eigenvalue weighted by atomic mass is 16.5. The lowest BCUT2D eigenvalue weighted by Crippen LogP contribution is -2.37. The van der Waals surface area contributed by atoms with Crippen LogP contribution in [0.1, 0.15) is 44.6 Å². The summed E-state index contributed by atoms with van der Waals surface area (Å²) in [6.07, 6.45) is 5.50. The van der Waals surface area contributed by atoms with E-state index in [1.165, 1.54) is 18.4 Å². The van der Waals surface area contributed by atoms with Gasteiger partial charge in [0.2, 0.25) is 5.91 Å². The van der Waals surface area contributed by atoms with Crippen molar-refractivity contribution in [3.05, 3.63) is 29.8 Å². The van der Waals surface area contributed by atoms with Gasteiger partial charge in [0.25, 0.3) is 0 Å². The van der Waals surface area contributed by atoms with Gasteiger partial charge < -0.3 is 9.64 Å². The molecule has 4 heteroatoms. The second-order valence-electron chi connectivity index (χ2n) is 6.88. The summed E-state index contributed by atoms with van der Waals surface area (Å²) in [6, 6.07) is 9.37. The number of ether oxygens (including phenoxy) is 1. The van der Waals surface area contributed by atoms with Crippen LogP contribution in [0.4, 0.5) is 0 Å². The summed E-state index contributed by atoms with van der Waals surface area (Å²) in [4.78, 5) is 17.0. The number of carbonyl (C=O) groups is 1. The van der Waals surface area contributed by atoms with Crippen LogP contribution in [-0.2, 0) is 11.3 Å². The molecule has 1 amide bonds. The standard InChI is InChI=1S/C19H28N2O2/c1-15-4-3-12-21(15)19(22)11-13-20(17-7-8-17)14-16-5-9-18(23-2)10-6-16/h5-6,9-10,15,17H,3-4,7-8,11-14H2,1-2H3. The molecular weight excluding hydrogens is 288 g/mol. The van der Waals surface area contributed by atoms with Crippen molar-refractivity contribution in [2.24, 2.45) is 0 Å². The third-order valence-corrected chi connectivity index (χ3v) is 5.09. The molecule has 0 N–H and O–H groups in total. The van der Waals surface area contributed by atoms with E-state index in [0.717, 1.165) is 38.2 Å². The van der Waals surface area contributed by atoms with E-state index in [9.17, 15) is 4.79 Å². The van der Waals surface area contributed by atoms with Gasteiger partial charge in [0.05, 0.1) is 7.11 Å². The smallest absolute Gasteiger partial charge is 0.224 e. The number of nitrogens with zero attached hydrogens (tertiary/aromatic N) is 2. The summed E-state index contributed by atoms with van der Waals surface area (Å²) in [5, 5.41) is 0. The number of amides is 1. The minimum absolute atomic E-state index is 0.329. The maximum absolute atomic E-state index is 12.4. The summed E-state index contributed by atoms with van der Waals surface area (Å²) < 4.78 is 5.22. The Kier molecular flexibility index (Phi) is 5.21. The highest BCUT2D eigenvalue weighted by Crippen LogP contribution is 2.29. The lowest BCUT2D eigenvalue weighted by atomic mass is 10.2. The van der Waals surface area contributed by atoms with Gasteiger partial charge in [-0.15, -0.1) is 0 Å². The van der Waals surface area contributed by atoms with Gasteiger partial charge in [0.1, 0.15) is 5.75 Å². The van der Waals surface area contributed by atoms with Crippen LogP contribution in [0.25, 0.3) is 0 Å². The fraction of sp³-hybridized carbons (Fsp3) is 0.632. The van der Waals surface area contributed by atoms with Gasteiger partial charge in [-0.25, -0.2) is 0 Å². The molecule has 1 heterocycles. The van der Waals surface area contributed by atoms with Crippen LogP contribution in [0.15, 0.2) is 24.3 Å². The summed E-state index contributed by atoms with van der Waals surface area (Å²) in [5.41, 5.74) is 1.29. The van der Waals surface area contributed by atoms with Crippen molar-refractivity contribution < 1.29 is 9.53 Å². The quantitative estimate of drug-likeness (QED) is 0.775. The molecule has 1 aromatic rings. The fourth-order valence-corrected chi connectivity index (χ4v) is 3.48. The first-order valence-corrected chi connectivity index (χ1v) is 8.84. The molecule has 3 rings (SSSR count). The highest BCUT2D eigenvalue weighted by molar-refractivity contribution is 5.77. The van der Waals surface area contributed by atoms with Gasteiger partial charge in [-0.1, -0.05) is 12.1 Å². The molecule has 0 aromatic heterocycles. The Morgan fingerprint density at radius 2 is 2.00 bits per heavy atom. The third-order valence-electron chi connectivity index (χ3n) is 5.09. The second kappa shape index (κ2) is 7.35. The fourth-order valence-electron chi connectivity index (χ4n) is 3.48. The molecule has 4 nitrogen and oxygen atoms in total. The number of hydrogen-bond acceptors (Lipinski definition) is 3. The molecule has 1 aliphatic carbocycles. The van der Waals surface area contributed by atoms with Crippen LogP contribution in [-0.4, -0.2) is 48.0 Å². The number of benzene rings is 1. The molecule has 1 atom stereocenters. The molecule has 1 aliphatic heterocycles. The Morgan fingerprint density at radius 3 is 2.57 bits per heavy atom. The predicted molar refractivity (Wildman–Crippen MR) is 91.5 cm³/mol. The molecule has 126 valence electrons. The molecule has 1 saturated heterocycles. The van der Waals surface area contributed by atoms with Crippen LogP contribution in [0.3, 0.4) is 0 Å². The Morgan fingerprint density at radius 1 is 1.26 bits per heavy atom. The molecule has 0 spiro atoms. The van der Waals surface area contributed by atoms with Crippen LogP contribution in [0.2, 0.25) is 0 Å². The van der Waals surface area contributed by atoms with Crippen LogP contribution in [0, 0.1) is 0 Å². The molecule has 0 bridgehead atoms. The number of rotatable bonds is 7. The van der Waals surface area contributed by atoms with Crippen molar-refractivity contribution >= 4 is 5.91 Å². The Balaban J connectivity index is 1.53. The average Bonchev–Trinajstić information content (AvgIpc) is 3.33. The Bertz CT molecular complexity index is 525. The van der Waals surface area contributed by atoms with E-state index in [0.29, 0.717) is 24.4 Å². The van der Waals surface area contributed by atoms with Crippen molar-refractivity contribution in [1.82, 2.24) is 9.80 Å². The highest BCUT2D eigenvalue weighted by Gasteiger charge is 2.30. The second-order valence-corrected chi connectivity index (χ2v) is 6.88. The van der Waals surface area contributed by atoms with Crippen molar-refractivity contribution in [1.29, 1.82) is 0 Å². The first kappa shape index (κ1) is 16.3. The van der Waals surface area contributed by atoms with Crippen LogP contribution < -0.4 is 4.74 Å². The van der Waals surface area contributed by atoms with Gasteiger partial charge in [-0.3, -0.25) is 9.69 Å². The zero-order valence-corrected chi connectivity index (χ0v) is 14.3. The number of methoxy groups -OCH3 is 1. The van der Waals surface area contributed by atoms with Crippen LogP contribution >= 0.6 is 0 Å². The summed E-state index contributed by atoms with van der Waals surface area (Å²) >= 11 is 0. The topological polar surface area (TPSA) is 32.8 Å². The van der Waals surface area contributed by atoms with E-state index in [1.807, 2.05) is 12.1 Å². The lowest BCUT2D eigenvalue weighted by Gasteiger charge is -2.25. The molecule has 23 heavy (non-hydrogen) atoms. The first-order valence-electron chi connectivity index (χ1n) is 8.84. The van der Waals surface area contributed by atoms with E-state index < -0.39 is 0 Å². The van der Waals surface area contributed by atoms with E-state index in [2.05, 4.69) is 28.9 Å². The molecule has 2 aliphatic rings. The zero-order valence-electron chi connectivity index (χ0n) is 14.3. The van der Waals surface area contributed by atoms with E-state index in [-0.39, 0.29) is 0 Å². The minimum Gasteiger partial charge on any atom is -0.497 e. The monoisotopic (exact) mass is 316 g/mol. The molecule has 1 saturated carbocycles. The zero-order chi connectivity index (χ0) is 16.2. The predicted octanol–water partition coefficient (Wildman–Crippen LogP) is 3.06. The van der Waals surface area contributed by atoms with Crippen molar-refractivity contribution in [3.63, 3.8) is 0 Å². The van der Waals surface area contributed by atoms with Gasteiger partial charge in [0, 0.05) is 38.1 Å². The van der Waals surface area contributed by atoms with Crippen molar-refractivity contribution in [2.75, 3.05) is 20.2 Å². The largest absolute Gasteiger partial charge is 0.497 e. The van der Waals surface area contributed by atoms with Gasteiger partial charge in [-0.2, -0.15) is 0 Å². The lowest BCUT2D eigenvalue weighted by molar-refractivity contribution is -0.132. The average molecular weight is 316 g/mol. The van der Waals surface area contributed by atoms with Crippen LogP contribution in [0.5, 0.6) is 5.75 Å². The number of hydrogen-bond donors (Lipinski definition) is 0. The van der Waals surface area contributed by atoms with Crippen molar-refractivity contribution in [3.8, 4) is 5.75 Å². The summed E-state index contributed by atoms with van der Waals surface area (Å²) in [7, 11) is 1.69. The van der Waals surface area contributed by atoms with Gasteiger partial charge in [-0.05, 0) is 50.3 Å². The Labute approximate surface area is 139 Å². The molecule has 1 unspecified atom stereocenters. The Hall–Kier alpha value is -1.55. The number of likely N-dealkylation sites (tertiary alicyclic amines) is 1. The molecule has 2 fully saturated rings. The first-order chi connectivity index (χ1) is 11.2. The maximum atomic E-state index is 12.4. The van der Waals surface area contributed by atoms with E-state index in [1.54, 1.807) is 7.11 Å². The molecule has 1 aromatic carbocycles. The van der Waals surface area contributed by atoms with E-state index in [4.69, 9.17) is 4.74 Å². The summed E-state index contributed by atoms with van der Waals surface area (Å²) in [6.45, 7) is 4.92. The summed E-state index contributed by atoms with van der Waals surface area (Å²) in [5.74, 6) is 1.22. The maximum Gasteiger partial charge on any atom is 0.224 e. The van der Waals surface area contributed by atoms with Gasteiger partial charge in [0.15, 0.2) is 0 Å². The number of carbonyl (C=O) groups excluding carboxylic acids is 1.